The first-order valence-electron chi connectivity index (χ1n) is 8.82. The Labute approximate surface area is 144 Å². The van der Waals surface area contributed by atoms with Gasteiger partial charge < -0.3 is 4.90 Å². The third-order valence-corrected chi connectivity index (χ3v) is 6.96. The molecule has 0 spiro atoms. The van der Waals surface area contributed by atoms with E-state index < -0.39 is 10.0 Å². The number of likely N-dealkylation sites (tertiary alicyclic amines) is 1. The van der Waals surface area contributed by atoms with E-state index in [-0.39, 0.29) is 11.8 Å². The highest BCUT2D eigenvalue weighted by Crippen LogP contribution is 2.26. The van der Waals surface area contributed by atoms with Gasteiger partial charge in [-0.05, 0) is 43.7 Å². The maximum absolute atomic E-state index is 12.8. The van der Waals surface area contributed by atoms with Crippen LogP contribution in [0.25, 0.3) is 0 Å². The number of sulfonamides is 1. The van der Waals surface area contributed by atoms with Gasteiger partial charge in [0.2, 0.25) is 15.9 Å². The third kappa shape index (κ3) is 3.64. The zero-order chi connectivity index (χ0) is 17.2. The average Bonchev–Trinajstić information content (AvgIpc) is 2.62. The van der Waals surface area contributed by atoms with E-state index in [1.54, 1.807) is 30.3 Å². The zero-order valence-electron chi connectivity index (χ0n) is 14.2. The molecule has 0 bridgehead atoms. The van der Waals surface area contributed by atoms with E-state index in [1.165, 1.54) is 10.7 Å². The number of benzene rings is 1. The van der Waals surface area contributed by atoms with Gasteiger partial charge in [0.25, 0.3) is 0 Å². The number of amides is 1. The second kappa shape index (κ2) is 7.23. The van der Waals surface area contributed by atoms with Crippen LogP contribution in [0.3, 0.4) is 0 Å². The molecule has 1 aromatic rings. The quantitative estimate of drug-likeness (QED) is 0.841. The summed E-state index contributed by atoms with van der Waals surface area (Å²) in [5.74, 6) is 0.465. The molecule has 132 valence electrons. The molecular weight excluding hydrogens is 324 g/mol. The molecule has 0 aliphatic carbocycles. The molecule has 24 heavy (non-hydrogen) atoms. The predicted molar refractivity (Wildman–Crippen MR) is 92.9 cm³/mol. The summed E-state index contributed by atoms with van der Waals surface area (Å²) in [7, 11) is -3.51. The Kier molecular flexibility index (Phi) is 5.25. The summed E-state index contributed by atoms with van der Waals surface area (Å²) in [6.07, 6.45) is 3.74. The van der Waals surface area contributed by atoms with E-state index in [2.05, 4.69) is 6.92 Å². The summed E-state index contributed by atoms with van der Waals surface area (Å²) in [6, 6.07) is 8.50. The van der Waals surface area contributed by atoms with E-state index in [4.69, 9.17) is 0 Å². The Hall–Kier alpha value is -1.40. The van der Waals surface area contributed by atoms with Crippen molar-refractivity contribution >= 4 is 15.9 Å². The fourth-order valence-electron chi connectivity index (χ4n) is 3.75. The van der Waals surface area contributed by atoms with Crippen LogP contribution >= 0.6 is 0 Å². The Morgan fingerprint density at radius 3 is 2.46 bits per heavy atom. The molecule has 2 atom stereocenters. The van der Waals surface area contributed by atoms with Gasteiger partial charge in [0, 0.05) is 26.2 Å². The van der Waals surface area contributed by atoms with Gasteiger partial charge in [-0.25, -0.2) is 8.42 Å². The fraction of sp³-hybridized carbons (Fsp3) is 0.611. The number of carbonyl (C=O) groups is 1. The van der Waals surface area contributed by atoms with Crippen LogP contribution in [-0.2, 0) is 14.8 Å². The van der Waals surface area contributed by atoms with Crippen LogP contribution in [0.4, 0.5) is 0 Å². The maximum atomic E-state index is 12.8. The monoisotopic (exact) mass is 350 g/mol. The molecule has 0 radical (unpaired) electrons. The van der Waals surface area contributed by atoms with E-state index >= 15 is 0 Å². The minimum Gasteiger partial charge on any atom is -0.342 e. The molecule has 6 heteroatoms. The second-order valence-electron chi connectivity index (χ2n) is 7.05. The number of nitrogens with zero attached hydrogens (tertiary/aromatic N) is 2. The molecule has 2 fully saturated rings. The smallest absolute Gasteiger partial charge is 0.243 e. The Morgan fingerprint density at radius 2 is 1.75 bits per heavy atom. The summed E-state index contributed by atoms with van der Waals surface area (Å²) in [5.41, 5.74) is 0. The van der Waals surface area contributed by atoms with Gasteiger partial charge in [-0.2, -0.15) is 4.31 Å². The lowest BCUT2D eigenvalue weighted by Crippen LogP contribution is -2.48. The Morgan fingerprint density at radius 1 is 1.04 bits per heavy atom. The number of hydrogen-bond acceptors (Lipinski definition) is 3. The van der Waals surface area contributed by atoms with Crippen LogP contribution in [0.1, 0.15) is 32.6 Å². The number of piperidine rings is 2. The van der Waals surface area contributed by atoms with Gasteiger partial charge in [-0.1, -0.05) is 25.1 Å². The van der Waals surface area contributed by atoms with Gasteiger partial charge in [0.15, 0.2) is 0 Å². The summed E-state index contributed by atoms with van der Waals surface area (Å²) in [4.78, 5) is 15.1. The number of hydrogen-bond donors (Lipinski definition) is 0. The largest absolute Gasteiger partial charge is 0.342 e. The summed E-state index contributed by atoms with van der Waals surface area (Å²) in [6.45, 7) is 4.59. The SMILES string of the molecule is C[C@@H]1CCCN(C(=O)[C@@H]2CCCN(S(=O)(=O)c3ccccc3)C2)C1. The summed E-state index contributed by atoms with van der Waals surface area (Å²) in [5, 5.41) is 0. The second-order valence-corrected chi connectivity index (χ2v) is 8.98. The number of carbonyl (C=O) groups excluding carboxylic acids is 1. The van der Waals surface area contributed by atoms with Crippen molar-refractivity contribution in [2.45, 2.75) is 37.5 Å². The average molecular weight is 350 g/mol. The highest BCUT2D eigenvalue weighted by molar-refractivity contribution is 7.89. The molecule has 2 aliphatic heterocycles. The molecule has 2 saturated heterocycles. The van der Waals surface area contributed by atoms with Crippen molar-refractivity contribution in [3.63, 3.8) is 0 Å². The van der Waals surface area contributed by atoms with Crippen molar-refractivity contribution in [3.05, 3.63) is 30.3 Å². The van der Waals surface area contributed by atoms with Crippen LogP contribution in [0.5, 0.6) is 0 Å². The van der Waals surface area contributed by atoms with Gasteiger partial charge in [-0.15, -0.1) is 0 Å². The van der Waals surface area contributed by atoms with Crippen molar-refractivity contribution in [1.82, 2.24) is 9.21 Å². The molecule has 2 heterocycles. The first-order chi connectivity index (χ1) is 11.5. The molecular formula is C18H26N2O3S. The highest BCUT2D eigenvalue weighted by Gasteiger charge is 2.35. The van der Waals surface area contributed by atoms with Gasteiger partial charge >= 0.3 is 0 Å². The van der Waals surface area contributed by atoms with Crippen molar-refractivity contribution in [1.29, 1.82) is 0 Å². The lowest BCUT2D eigenvalue weighted by Gasteiger charge is -2.37. The standard InChI is InChI=1S/C18H26N2O3S/c1-15-7-5-11-19(13-15)18(21)16-8-6-12-20(14-16)24(22,23)17-9-3-2-4-10-17/h2-4,9-10,15-16H,5-8,11-14H2,1H3/t15-,16-/m1/s1. The van der Waals surface area contributed by atoms with Crippen LogP contribution in [0.15, 0.2) is 35.2 Å². The van der Waals surface area contributed by atoms with Crippen LogP contribution < -0.4 is 0 Å². The topological polar surface area (TPSA) is 57.7 Å². The van der Waals surface area contributed by atoms with Gasteiger partial charge in [0.1, 0.15) is 0 Å². The molecule has 0 N–H and O–H groups in total. The van der Waals surface area contributed by atoms with E-state index in [9.17, 15) is 13.2 Å². The van der Waals surface area contributed by atoms with Crippen LogP contribution in [0.2, 0.25) is 0 Å². The van der Waals surface area contributed by atoms with E-state index in [0.717, 1.165) is 32.4 Å². The van der Waals surface area contributed by atoms with Crippen LogP contribution in [-0.4, -0.2) is 49.7 Å². The fourth-order valence-corrected chi connectivity index (χ4v) is 5.30. The Bertz CT molecular complexity index is 675. The molecule has 0 aromatic heterocycles. The van der Waals surface area contributed by atoms with Gasteiger partial charge in [-0.3, -0.25) is 4.79 Å². The zero-order valence-corrected chi connectivity index (χ0v) is 15.0. The molecule has 0 unspecified atom stereocenters. The summed E-state index contributed by atoms with van der Waals surface area (Å²) < 4.78 is 27.1. The summed E-state index contributed by atoms with van der Waals surface area (Å²) >= 11 is 0. The predicted octanol–water partition coefficient (Wildman–Crippen LogP) is 2.35. The molecule has 3 rings (SSSR count). The van der Waals surface area contributed by atoms with Gasteiger partial charge in [0.05, 0.1) is 10.8 Å². The van der Waals surface area contributed by atoms with Crippen molar-refractivity contribution in [3.8, 4) is 0 Å². The van der Waals surface area contributed by atoms with Crippen molar-refractivity contribution in [2.75, 3.05) is 26.2 Å². The minimum absolute atomic E-state index is 0.134. The minimum atomic E-state index is -3.51. The molecule has 0 saturated carbocycles. The lowest BCUT2D eigenvalue weighted by atomic mass is 9.94. The van der Waals surface area contributed by atoms with Crippen LogP contribution in [0, 0.1) is 11.8 Å². The maximum Gasteiger partial charge on any atom is 0.243 e. The first kappa shape index (κ1) is 17.4. The van der Waals surface area contributed by atoms with E-state index in [1.807, 2.05) is 4.90 Å². The van der Waals surface area contributed by atoms with Crippen molar-refractivity contribution < 1.29 is 13.2 Å². The highest BCUT2D eigenvalue weighted by atomic mass is 32.2. The van der Waals surface area contributed by atoms with Crippen molar-refractivity contribution in [2.24, 2.45) is 11.8 Å². The first-order valence-corrected chi connectivity index (χ1v) is 10.3. The molecule has 2 aliphatic rings. The normalized spacial score (nSPS) is 26.3. The third-order valence-electron chi connectivity index (χ3n) is 5.08. The molecule has 5 nitrogen and oxygen atoms in total. The lowest BCUT2D eigenvalue weighted by molar-refractivity contribution is -0.138. The van der Waals surface area contributed by atoms with E-state index in [0.29, 0.717) is 23.9 Å². The molecule has 1 amide bonds. The number of rotatable bonds is 3. The molecule has 1 aromatic carbocycles. The Balaban J connectivity index is 1.71.